The molecule has 2 nitrogen and oxygen atoms in total. The van der Waals surface area contributed by atoms with Crippen molar-refractivity contribution in [2.45, 2.75) is 33.2 Å². The Labute approximate surface area is 130 Å². The molecule has 0 saturated heterocycles. The van der Waals surface area contributed by atoms with Crippen LogP contribution in [0.3, 0.4) is 0 Å². The molecule has 0 spiro atoms. The molecule has 1 heterocycles. The molecule has 0 radical (unpaired) electrons. The molecule has 0 fully saturated rings. The molecule has 2 rings (SSSR count). The fraction of sp³-hybridized carbons (Fsp3) is 0.353. The van der Waals surface area contributed by atoms with Crippen LogP contribution < -0.4 is 4.90 Å². The Balaban J connectivity index is 2.10. The number of hydrogen-bond donors (Lipinski definition) is 0. The fourth-order valence-electron chi connectivity index (χ4n) is 2.10. The third-order valence-corrected chi connectivity index (χ3v) is 4.32. The van der Waals surface area contributed by atoms with Crippen molar-refractivity contribution in [1.82, 2.24) is 4.98 Å². The highest BCUT2D eigenvalue weighted by molar-refractivity contribution is 9.10. The lowest BCUT2D eigenvalue weighted by molar-refractivity contribution is 0.858. The smallest absolute Gasteiger partial charge is 0.128 e. The van der Waals surface area contributed by atoms with E-state index in [2.05, 4.69) is 84.0 Å². The van der Waals surface area contributed by atoms with Crippen LogP contribution in [0.15, 0.2) is 41.0 Å². The van der Waals surface area contributed by atoms with Crippen LogP contribution in [-0.2, 0) is 6.54 Å². The number of anilines is 1. The van der Waals surface area contributed by atoms with Gasteiger partial charge < -0.3 is 4.90 Å². The Hall–Kier alpha value is -1.35. The monoisotopic (exact) mass is 332 g/mol. The van der Waals surface area contributed by atoms with Crippen LogP contribution in [-0.4, -0.2) is 12.0 Å². The molecule has 106 valence electrons. The molecular weight excluding hydrogens is 312 g/mol. The Morgan fingerprint density at radius 2 is 1.85 bits per heavy atom. The molecule has 3 heteroatoms. The van der Waals surface area contributed by atoms with E-state index in [1.54, 1.807) is 0 Å². The Morgan fingerprint density at radius 1 is 1.20 bits per heavy atom. The van der Waals surface area contributed by atoms with Gasteiger partial charge in [-0.15, -0.1) is 0 Å². The number of aryl methyl sites for hydroxylation is 1. The summed E-state index contributed by atoms with van der Waals surface area (Å²) in [7, 11) is 2.08. The van der Waals surface area contributed by atoms with Gasteiger partial charge in [0.25, 0.3) is 0 Å². The number of halogens is 1. The maximum Gasteiger partial charge on any atom is 0.128 e. The van der Waals surface area contributed by atoms with Crippen molar-refractivity contribution in [1.29, 1.82) is 0 Å². The summed E-state index contributed by atoms with van der Waals surface area (Å²) in [6, 6.07) is 10.9. The second-order valence-electron chi connectivity index (χ2n) is 5.54. The molecule has 0 saturated carbocycles. The summed E-state index contributed by atoms with van der Waals surface area (Å²) in [6.07, 6.45) is 1.86. The molecule has 0 amide bonds. The van der Waals surface area contributed by atoms with Gasteiger partial charge in [-0.25, -0.2) is 4.98 Å². The van der Waals surface area contributed by atoms with E-state index < -0.39 is 0 Å². The van der Waals surface area contributed by atoms with Gasteiger partial charge >= 0.3 is 0 Å². The first-order valence-corrected chi connectivity index (χ1v) is 7.69. The van der Waals surface area contributed by atoms with Gasteiger partial charge in [0.2, 0.25) is 0 Å². The Kier molecular flexibility index (Phi) is 4.81. The van der Waals surface area contributed by atoms with Gasteiger partial charge in [-0.3, -0.25) is 0 Å². The minimum atomic E-state index is 0.581. The molecule has 0 atom stereocenters. The molecule has 0 aliphatic carbocycles. The van der Waals surface area contributed by atoms with E-state index in [9.17, 15) is 0 Å². The molecule has 0 N–H and O–H groups in total. The highest BCUT2D eigenvalue weighted by Gasteiger charge is 2.06. The molecule has 0 unspecified atom stereocenters. The van der Waals surface area contributed by atoms with Crippen LogP contribution >= 0.6 is 15.9 Å². The second kappa shape index (κ2) is 6.40. The zero-order valence-electron chi connectivity index (χ0n) is 12.5. The lowest BCUT2D eigenvalue weighted by Crippen LogP contribution is -2.17. The first-order valence-electron chi connectivity index (χ1n) is 6.89. The third kappa shape index (κ3) is 3.60. The van der Waals surface area contributed by atoms with Crippen LogP contribution in [0.25, 0.3) is 0 Å². The van der Waals surface area contributed by atoms with Gasteiger partial charge in [-0.2, -0.15) is 0 Å². The number of aromatic nitrogens is 1. The van der Waals surface area contributed by atoms with Gasteiger partial charge in [-0.1, -0.05) is 38.1 Å². The highest BCUT2D eigenvalue weighted by atomic mass is 79.9. The summed E-state index contributed by atoms with van der Waals surface area (Å²) in [5.41, 5.74) is 3.89. The average molecular weight is 333 g/mol. The van der Waals surface area contributed by atoms with Crippen molar-refractivity contribution >= 4 is 21.7 Å². The molecule has 0 aliphatic heterocycles. The largest absolute Gasteiger partial charge is 0.355 e. The van der Waals surface area contributed by atoms with E-state index in [-0.39, 0.29) is 0 Å². The topological polar surface area (TPSA) is 16.1 Å². The van der Waals surface area contributed by atoms with Crippen molar-refractivity contribution < 1.29 is 0 Å². The second-order valence-corrected chi connectivity index (χ2v) is 6.40. The molecule has 1 aromatic heterocycles. The Bertz CT molecular complexity index is 576. The van der Waals surface area contributed by atoms with Crippen LogP contribution in [0, 0.1) is 6.92 Å². The maximum atomic E-state index is 4.46. The van der Waals surface area contributed by atoms with Crippen molar-refractivity contribution in [2.75, 3.05) is 11.9 Å². The first kappa shape index (κ1) is 15.0. The first-order chi connectivity index (χ1) is 9.47. The van der Waals surface area contributed by atoms with Crippen LogP contribution in [0.5, 0.6) is 0 Å². The predicted molar refractivity (Wildman–Crippen MR) is 89.3 cm³/mol. The number of hydrogen-bond acceptors (Lipinski definition) is 2. The number of nitrogens with zero attached hydrogens (tertiary/aromatic N) is 2. The van der Waals surface area contributed by atoms with E-state index >= 15 is 0 Å². The summed E-state index contributed by atoms with van der Waals surface area (Å²) in [5, 5.41) is 0. The fourth-order valence-corrected chi connectivity index (χ4v) is 2.31. The Morgan fingerprint density at radius 3 is 2.40 bits per heavy atom. The normalized spacial score (nSPS) is 10.9. The zero-order valence-corrected chi connectivity index (χ0v) is 14.1. The number of pyridine rings is 1. The molecule has 20 heavy (non-hydrogen) atoms. The molecular formula is C17H21BrN2. The van der Waals surface area contributed by atoms with Gasteiger partial charge in [0.15, 0.2) is 0 Å². The van der Waals surface area contributed by atoms with E-state index in [1.807, 2.05) is 6.20 Å². The van der Waals surface area contributed by atoms with Gasteiger partial charge in [0, 0.05) is 24.3 Å². The van der Waals surface area contributed by atoms with Crippen molar-refractivity contribution in [3.8, 4) is 0 Å². The summed E-state index contributed by atoms with van der Waals surface area (Å²) in [5.74, 6) is 1.58. The van der Waals surface area contributed by atoms with E-state index in [0.29, 0.717) is 5.92 Å². The van der Waals surface area contributed by atoms with Crippen LogP contribution in [0.2, 0.25) is 0 Å². The SMILES string of the molecule is Cc1cc(N(C)Cc2ccc(C(C)C)cc2)ncc1Br. The molecule has 1 aromatic carbocycles. The lowest BCUT2D eigenvalue weighted by Gasteiger charge is -2.19. The predicted octanol–water partition coefficient (Wildman–Crippen LogP) is 4.91. The van der Waals surface area contributed by atoms with Crippen LogP contribution in [0.1, 0.15) is 36.5 Å². The minimum absolute atomic E-state index is 0.581. The summed E-state index contributed by atoms with van der Waals surface area (Å²) in [6.45, 7) is 7.39. The van der Waals surface area contributed by atoms with Gasteiger partial charge in [0.05, 0.1) is 0 Å². The molecule has 2 aromatic rings. The zero-order chi connectivity index (χ0) is 14.7. The average Bonchev–Trinajstić information content (AvgIpc) is 2.42. The van der Waals surface area contributed by atoms with Gasteiger partial charge in [-0.05, 0) is 51.5 Å². The van der Waals surface area contributed by atoms with E-state index in [0.717, 1.165) is 16.8 Å². The van der Waals surface area contributed by atoms with Crippen molar-refractivity contribution in [2.24, 2.45) is 0 Å². The molecule has 0 aliphatic rings. The third-order valence-electron chi connectivity index (χ3n) is 3.49. The van der Waals surface area contributed by atoms with Gasteiger partial charge in [0.1, 0.15) is 5.82 Å². The van der Waals surface area contributed by atoms with E-state index in [4.69, 9.17) is 0 Å². The molecule has 0 bridgehead atoms. The number of benzene rings is 1. The van der Waals surface area contributed by atoms with Crippen molar-refractivity contribution in [3.63, 3.8) is 0 Å². The number of rotatable bonds is 4. The lowest BCUT2D eigenvalue weighted by atomic mass is 10.0. The summed E-state index contributed by atoms with van der Waals surface area (Å²) >= 11 is 3.49. The highest BCUT2D eigenvalue weighted by Crippen LogP contribution is 2.21. The standard InChI is InChI=1S/C17H21BrN2/c1-12(2)15-7-5-14(6-8-15)11-20(4)17-9-13(3)16(18)10-19-17/h5-10,12H,11H2,1-4H3. The quantitative estimate of drug-likeness (QED) is 0.790. The van der Waals surface area contributed by atoms with Crippen molar-refractivity contribution in [3.05, 3.63) is 57.7 Å². The minimum Gasteiger partial charge on any atom is -0.355 e. The summed E-state index contributed by atoms with van der Waals surface area (Å²) in [4.78, 5) is 6.63. The maximum absolute atomic E-state index is 4.46. The van der Waals surface area contributed by atoms with Crippen LogP contribution in [0.4, 0.5) is 5.82 Å². The van der Waals surface area contributed by atoms with E-state index in [1.165, 1.54) is 16.7 Å². The summed E-state index contributed by atoms with van der Waals surface area (Å²) < 4.78 is 1.05.